The minimum atomic E-state index is -0.566. The highest BCUT2D eigenvalue weighted by molar-refractivity contribution is 6.21. The second-order valence-electron chi connectivity index (χ2n) is 4.44. The van der Waals surface area contributed by atoms with Crippen LogP contribution in [0.5, 0.6) is 5.75 Å². The second-order valence-corrected chi connectivity index (χ2v) is 5.06. The first-order valence-corrected chi connectivity index (χ1v) is 7.27. The zero-order chi connectivity index (χ0) is 15.8. The molecule has 1 unspecified atom stereocenters. The van der Waals surface area contributed by atoms with Gasteiger partial charge in [0.2, 0.25) is 5.75 Å². The van der Waals surface area contributed by atoms with Gasteiger partial charge in [-0.05, 0) is 19.4 Å². The van der Waals surface area contributed by atoms with E-state index in [0.717, 1.165) is 12.8 Å². The number of nitro groups is 1. The molecule has 1 aromatic carbocycles. The minimum Gasteiger partial charge on any atom is -0.487 e. The van der Waals surface area contributed by atoms with E-state index in [0.29, 0.717) is 6.54 Å². The van der Waals surface area contributed by atoms with Gasteiger partial charge in [-0.15, -0.1) is 11.6 Å². The lowest BCUT2D eigenvalue weighted by atomic mass is 10.1. The first-order valence-electron chi connectivity index (χ1n) is 6.83. The lowest BCUT2D eigenvalue weighted by Crippen LogP contribution is -2.30. The number of nitrogens with zero attached hydrogens (tertiary/aromatic N) is 1. The van der Waals surface area contributed by atoms with Crippen LogP contribution < -0.4 is 10.1 Å². The van der Waals surface area contributed by atoms with Crippen LogP contribution in [-0.2, 0) is 0 Å². The minimum absolute atomic E-state index is 0.0101. The van der Waals surface area contributed by atoms with Crippen molar-refractivity contribution in [1.29, 1.82) is 0 Å². The Morgan fingerprint density at radius 2 is 2.19 bits per heavy atom. The molecule has 1 rings (SSSR count). The van der Waals surface area contributed by atoms with E-state index >= 15 is 0 Å². The summed E-state index contributed by atoms with van der Waals surface area (Å²) in [6.45, 7) is 4.25. The third-order valence-corrected chi connectivity index (χ3v) is 3.18. The molecule has 1 amide bonds. The molecule has 0 saturated heterocycles. The molecule has 0 aliphatic rings. The number of ether oxygens (including phenoxy) is 1. The number of alkyl halides is 1. The Bertz CT molecular complexity index is 508. The van der Waals surface area contributed by atoms with Gasteiger partial charge in [-0.25, -0.2) is 0 Å². The lowest BCUT2D eigenvalue weighted by Gasteiger charge is -2.12. The lowest BCUT2D eigenvalue weighted by molar-refractivity contribution is -0.385. The van der Waals surface area contributed by atoms with E-state index in [1.165, 1.54) is 18.2 Å². The molecular weight excluding hydrogens is 296 g/mol. The number of hydrogen-bond donors (Lipinski definition) is 1. The predicted octanol–water partition coefficient (Wildman–Crippen LogP) is 3.13. The summed E-state index contributed by atoms with van der Waals surface area (Å²) in [5, 5.41) is 13.5. The Hall–Kier alpha value is -1.82. The van der Waals surface area contributed by atoms with Gasteiger partial charge in [-0.2, -0.15) is 0 Å². The monoisotopic (exact) mass is 314 g/mol. The highest BCUT2D eigenvalue weighted by atomic mass is 35.5. The molecule has 116 valence electrons. The number of rotatable bonds is 8. The maximum absolute atomic E-state index is 12.2. The summed E-state index contributed by atoms with van der Waals surface area (Å²) in [6, 6.07) is 4.26. The molecule has 0 bridgehead atoms. The number of carbonyl (C=O) groups is 1. The van der Waals surface area contributed by atoms with Gasteiger partial charge in [0.15, 0.2) is 0 Å². The van der Waals surface area contributed by atoms with Crippen LogP contribution in [0.2, 0.25) is 0 Å². The van der Waals surface area contributed by atoms with Gasteiger partial charge in [0.1, 0.15) is 0 Å². The van der Waals surface area contributed by atoms with Crippen LogP contribution in [0.1, 0.15) is 37.0 Å². The number of nitro benzene ring substituents is 1. The van der Waals surface area contributed by atoms with E-state index in [1.54, 1.807) is 6.92 Å². The van der Waals surface area contributed by atoms with E-state index in [-0.39, 0.29) is 29.0 Å². The van der Waals surface area contributed by atoms with Crippen LogP contribution in [-0.4, -0.2) is 29.4 Å². The van der Waals surface area contributed by atoms with Gasteiger partial charge in [0, 0.05) is 12.6 Å². The molecule has 0 saturated carbocycles. The van der Waals surface area contributed by atoms with Crippen molar-refractivity contribution < 1.29 is 14.5 Å². The summed E-state index contributed by atoms with van der Waals surface area (Å²) in [5.74, 6) is -0.437. The number of amides is 1. The van der Waals surface area contributed by atoms with E-state index < -0.39 is 10.8 Å². The molecule has 0 aliphatic carbocycles. The van der Waals surface area contributed by atoms with Gasteiger partial charge in [0.25, 0.3) is 5.91 Å². The summed E-state index contributed by atoms with van der Waals surface area (Å²) < 4.78 is 5.27. The molecule has 6 nitrogen and oxygen atoms in total. The van der Waals surface area contributed by atoms with Crippen LogP contribution in [0.15, 0.2) is 18.2 Å². The van der Waals surface area contributed by atoms with Gasteiger partial charge in [-0.1, -0.05) is 19.4 Å². The highest BCUT2D eigenvalue weighted by Gasteiger charge is 2.23. The molecule has 0 aromatic heterocycles. The number of halogens is 1. The molecule has 7 heteroatoms. The first kappa shape index (κ1) is 17.2. The quantitative estimate of drug-likeness (QED) is 0.454. The summed E-state index contributed by atoms with van der Waals surface area (Å²) in [4.78, 5) is 22.6. The van der Waals surface area contributed by atoms with Gasteiger partial charge in [-0.3, -0.25) is 14.9 Å². The molecular formula is C14H19ClN2O4. The summed E-state index contributed by atoms with van der Waals surface area (Å²) in [6.07, 6.45) is 1.71. The van der Waals surface area contributed by atoms with Crippen molar-refractivity contribution in [2.75, 3.05) is 13.2 Å². The van der Waals surface area contributed by atoms with Crippen molar-refractivity contribution in [1.82, 2.24) is 5.32 Å². The topological polar surface area (TPSA) is 81.5 Å². The largest absolute Gasteiger partial charge is 0.487 e. The third-order valence-electron chi connectivity index (χ3n) is 2.81. The molecule has 1 atom stereocenters. The Morgan fingerprint density at radius 1 is 1.48 bits per heavy atom. The standard InChI is InChI=1S/C14H19ClN2O4/c1-3-6-10(15)9-16-14(18)11-7-5-8-12(17(19)20)13(11)21-4-2/h5,7-8,10H,3-4,6,9H2,1-2H3,(H,16,18). The number of carbonyl (C=O) groups excluding carboxylic acids is 1. The molecule has 0 heterocycles. The molecule has 21 heavy (non-hydrogen) atoms. The molecule has 1 aromatic rings. The van der Waals surface area contributed by atoms with Gasteiger partial charge >= 0.3 is 5.69 Å². The van der Waals surface area contributed by atoms with Crippen molar-refractivity contribution >= 4 is 23.2 Å². The normalized spacial score (nSPS) is 11.8. The Labute approximate surface area is 128 Å². The number of nitrogens with one attached hydrogen (secondary N) is 1. The fourth-order valence-corrected chi connectivity index (χ4v) is 2.15. The summed E-state index contributed by atoms with van der Waals surface area (Å²) in [7, 11) is 0. The molecule has 0 aliphatic heterocycles. The van der Waals surface area contributed by atoms with Gasteiger partial charge in [0.05, 0.1) is 22.5 Å². The fraction of sp³-hybridized carbons (Fsp3) is 0.500. The maximum atomic E-state index is 12.2. The Kier molecular flexibility index (Phi) is 6.94. The van der Waals surface area contributed by atoms with Crippen LogP contribution in [0.4, 0.5) is 5.69 Å². The van der Waals surface area contributed by atoms with Crippen molar-refractivity contribution in [2.24, 2.45) is 0 Å². The van der Waals surface area contributed by atoms with E-state index in [1.807, 2.05) is 6.92 Å². The van der Waals surface area contributed by atoms with Crippen molar-refractivity contribution in [3.8, 4) is 5.75 Å². The van der Waals surface area contributed by atoms with Crippen molar-refractivity contribution in [3.05, 3.63) is 33.9 Å². The third kappa shape index (κ3) is 4.90. The average Bonchev–Trinajstić information content (AvgIpc) is 2.45. The van der Waals surface area contributed by atoms with Crippen molar-refractivity contribution in [3.63, 3.8) is 0 Å². The fourth-order valence-electron chi connectivity index (χ4n) is 1.86. The molecule has 0 spiro atoms. The maximum Gasteiger partial charge on any atom is 0.311 e. The Balaban J connectivity index is 2.92. The predicted molar refractivity (Wildman–Crippen MR) is 81.1 cm³/mol. The number of benzene rings is 1. The Morgan fingerprint density at radius 3 is 2.76 bits per heavy atom. The summed E-state index contributed by atoms with van der Waals surface area (Å²) >= 11 is 6.04. The summed E-state index contributed by atoms with van der Waals surface area (Å²) in [5.41, 5.74) is -0.0769. The molecule has 0 radical (unpaired) electrons. The van der Waals surface area contributed by atoms with Crippen molar-refractivity contribution in [2.45, 2.75) is 32.1 Å². The SMILES string of the molecule is CCCC(Cl)CNC(=O)c1cccc([N+](=O)[O-])c1OCC. The van der Waals surface area contributed by atoms with Crippen LogP contribution >= 0.6 is 11.6 Å². The van der Waals surface area contributed by atoms with Gasteiger partial charge < -0.3 is 10.1 Å². The van der Waals surface area contributed by atoms with E-state index in [9.17, 15) is 14.9 Å². The smallest absolute Gasteiger partial charge is 0.311 e. The zero-order valence-corrected chi connectivity index (χ0v) is 12.9. The molecule has 0 fully saturated rings. The van der Waals surface area contributed by atoms with Crippen LogP contribution in [0.3, 0.4) is 0 Å². The highest BCUT2D eigenvalue weighted by Crippen LogP contribution is 2.30. The van der Waals surface area contributed by atoms with Crippen LogP contribution in [0.25, 0.3) is 0 Å². The molecule has 1 N–H and O–H groups in total. The first-order chi connectivity index (χ1) is 10.0. The second kappa shape index (κ2) is 8.46. The zero-order valence-electron chi connectivity index (χ0n) is 12.1. The van der Waals surface area contributed by atoms with E-state index in [4.69, 9.17) is 16.3 Å². The van der Waals surface area contributed by atoms with E-state index in [2.05, 4.69) is 5.32 Å². The van der Waals surface area contributed by atoms with Crippen LogP contribution in [0, 0.1) is 10.1 Å². The number of hydrogen-bond acceptors (Lipinski definition) is 4. The number of para-hydroxylation sites is 1. The average molecular weight is 315 g/mol.